The summed E-state index contributed by atoms with van der Waals surface area (Å²) in [6.45, 7) is 8.31. The van der Waals surface area contributed by atoms with Crippen LogP contribution in [-0.2, 0) is 4.79 Å². The summed E-state index contributed by atoms with van der Waals surface area (Å²) in [4.78, 5) is 12.7. The first-order chi connectivity index (χ1) is 13.9. The summed E-state index contributed by atoms with van der Waals surface area (Å²) < 4.78 is 6.86. The van der Waals surface area contributed by atoms with Crippen molar-refractivity contribution < 1.29 is 9.53 Å². The molecule has 1 atom stereocenters. The number of anilines is 1. The first-order valence-corrected chi connectivity index (χ1v) is 10.3. The number of aromatic nitrogens is 3. The number of thioether (sulfide) groups is 1. The van der Waals surface area contributed by atoms with Crippen molar-refractivity contribution in [1.29, 1.82) is 0 Å². The average Bonchev–Trinajstić information content (AvgIpc) is 3.06. The number of carbonyl (C=O) groups excluding carboxylic acids is 1. The van der Waals surface area contributed by atoms with Crippen LogP contribution in [0.3, 0.4) is 0 Å². The van der Waals surface area contributed by atoms with Gasteiger partial charge in [0, 0.05) is 11.3 Å². The Bertz CT molecular complexity index is 981. The molecule has 3 rings (SSSR count). The number of nitrogens with zero attached hydrogens (tertiary/aromatic N) is 3. The van der Waals surface area contributed by atoms with E-state index in [4.69, 9.17) is 10.6 Å². The van der Waals surface area contributed by atoms with Crippen LogP contribution in [0.1, 0.15) is 25.0 Å². The van der Waals surface area contributed by atoms with Crippen molar-refractivity contribution in [3.63, 3.8) is 0 Å². The van der Waals surface area contributed by atoms with Crippen molar-refractivity contribution >= 4 is 23.4 Å². The van der Waals surface area contributed by atoms with E-state index in [1.807, 2.05) is 70.2 Å². The van der Waals surface area contributed by atoms with Gasteiger partial charge < -0.3 is 15.9 Å². The molecule has 0 bridgehead atoms. The molecule has 7 nitrogen and oxygen atoms in total. The van der Waals surface area contributed by atoms with E-state index in [-0.39, 0.29) is 5.91 Å². The number of rotatable bonds is 7. The molecule has 8 heteroatoms. The van der Waals surface area contributed by atoms with Crippen LogP contribution < -0.4 is 15.9 Å². The van der Waals surface area contributed by atoms with Crippen LogP contribution in [0.2, 0.25) is 0 Å². The summed E-state index contributed by atoms with van der Waals surface area (Å²) in [5.74, 6) is 7.39. The van der Waals surface area contributed by atoms with E-state index in [1.165, 1.54) is 16.4 Å². The van der Waals surface area contributed by atoms with Crippen molar-refractivity contribution in [2.45, 2.75) is 38.1 Å². The molecule has 0 saturated heterocycles. The molecule has 1 amide bonds. The summed E-state index contributed by atoms with van der Waals surface area (Å²) in [7, 11) is 0. The fourth-order valence-corrected chi connectivity index (χ4v) is 3.64. The molecule has 0 unspecified atom stereocenters. The van der Waals surface area contributed by atoms with Gasteiger partial charge in [0.15, 0.2) is 5.82 Å². The minimum Gasteiger partial charge on any atom is -0.494 e. The Hall–Kier alpha value is -3.00. The zero-order valence-electron chi connectivity index (χ0n) is 17.0. The van der Waals surface area contributed by atoms with Crippen LogP contribution in [0.5, 0.6) is 5.75 Å². The smallest absolute Gasteiger partial charge is 0.237 e. The zero-order valence-corrected chi connectivity index (χ0v) is 17.8. The minimum atomic E-state index is -0.395. The van der Waals surface area contributed by atoms with Crippen LogP contribution in [0.25, 0.3) is 11.4 Å². The van der Waals surface area contributed by atoms with Gasteiger partial charge in [-0.2, -0.15) is 0 Å². The van der Waals surface area contributed by atoms with Crippen LogP contribution in [0, 0.1) is 13.8 Å². The lowest BCUT2D eigenvalue weighted by molar-refractivity contribution is -0.115. The highest BCUT2D eigenvalue weighted by atomic mass is 32.2. The number of carbonyl (C=O) groups is 1. The lowest BCUT2D eigenvalue weighted by Crippen LogP contribution is -2.24. The molecule has 3 aromatic rings. The van der Waals surface area contributed by atoms with Crippen molar-refractivity contribution in [3.8, 4) is 17.1 Å². The van der Waals surface area contributed by atoms with Gasteiger partial charge in [-0.1, -0.05) is 30.0 Å². The average molecular weight is 412 g/mol. The Morgan fingerprint density at radius 2 is 1.83 bits per heavy atom. The molecule has 1 heterocycles. The maximum absolute atomic E-state index is 12.7. The van der Waals surface area contributed by atoms with Crippen molar-refractivity contribution in [2.75, 3.05) is 17.8 Å². The maximum atomic E-state index is 12.7. The SMILES string of the molecule is CCOc1ccc(-c2nnc(S[C@H](C)C(=O)Nc3c(C)cccc3C)n2N)cc1. The van der Waals surface area contributed by atoms with Gasteiger partial charge in [0.25, 0.3) is 0 Å². The third kappa shape index (κ3) is 4.71. The highest BCUT2D eigenvalue weighted by Gasteiger charge is 2.21. The Balaban J connectivity index is 1.71. The third-order valence-electron chi connectivity index (χ3n) is 4.47. The zero-order chi connectivity index (χ0) is 21.0. The molecule has 0 radical (unpaired) electrons. The topological polar surface area (TPSA) is 95.1 Å². The van der Waals surface area contributed by atoms with Gasteiger partial charge >= 0.3 is 0 Å². The molecule has 0 aliphatic rings. The molecule has 0 saturated carbocycles. The molecule has 2 aromatic carbocycles. The summed E-state index contributed by atoms with van der Waals surface area (Å²) in [6, 6.07) is 13.4. The number of para-hydroxylation sites is 1. The molecule has 0 aliphatic carbocycles. The number of hydrogen-bond donors (Lipinski definition) is 2. The molecular weight excluding hydrogens is 386 g/mol. The molecule has 29 heavy (non-hydrogen) atoms. The normalized spacial score (nSPS) is 11.9. The molecule has 0 spiro atoms. The van der Waals surface area contributed by atoms with Gasteiger partial charge in [-0.05, 0) is 63.1 Å². The Labute approximate surface area is 174 Å². The summed E-state index contributed by atoms with van der Waals surface area (Å²) in [5.41, 5.74) is 3.71. The highest BCUT2D eigenvalue weighted by Crippen LogP contribution is 2.27. The standard InChI is InChI=1S/C21H25N5O2S/c1-5-28-17-11-9-16(10-12-17)19-24-25-21(26(19)22)29-15(4)20(27)23-18-13(2)7-6-8-14(18)3/h6-12,15H,5,22H2,1-4H3,(H,23,27)/t15-/m1/s1. The lowest BCUT2D eigenvalue weighted by Gasteiger charge is -2.15. The molecule has 0 fully saturated rings. The number of nitrogens with one attached hydrogen (secondary N) is 1. The minimum absolute atomic E-state index is 0.113. The van der Waals surface area contributed by atoms with E-state index >= 15 is 0 Å². The van der Waals surface area contributed by atoms with Crippen molar-refractivity contribution in [2.24, 2.45) is 0 Å². The number of nitrogens with two attached hydrogens (primary N) is 1. The van der Waals surface area contributed by atoms with Gasteiger partial charge in [0.05, 0.1) is 11.9 Å². The van der Waals surface area contributed by atoms with Gasteiger partial charge in [-0.25, -0.2) is 4.68 Å². The first kappa shape index (κ1) is 20.7. The van der Waals surface area contributed by atoms with E-state index < -0.39 is 5.25 Å². The second-order valence-corrected chi connectivity index (χ2v) is 7.96. The molecule has 3 N–H and O–H groups in total. The van der Waals surface area contributed by atoms with E-state index in [0.29, 0.717) is 17.6 Å². The summed E-state index contributed by atoms with van der Waals surface area (Å²) in [6.07, 6.45) is 0. The lowest BCUT2D eigenvalue weighted by atomic mass is 10.1. The highest BCUT2D eigenvalue weighted by molar-refractivity contribution is 8.00. The van der Waals surface area contributed by atoms with Gasteiger partial charge in [-0.15, -0.1) is 10.2 Å². The van der Waals surface area contributed by atoms with Crippen molar-refractivity contribution in [3.05, 3.63) is 53.6 Å². The second-order valence-electron chi connectivity index (χ2n) is 6.65. The molecule has 1 aromatic heterocycles. The van der Waals surface area contributed by atoms with E-state index in [0.717, 1.165) is 28.1 Å². The van der Waals surface area contributed by atoms with E-state index in [2.05, 4.69) is 15.5 Å². The van der Waals surface area contributed by atoms with Crippen LogP contribution >= 0.6 is 11.8 Å². The van der Waals surface area contributed by atoms with Crippen LogP contribution in [0.4, 0.5) is 5.69 Å². The second kappa shape index (κ2) is 9.00. The Morgan fingerprint density at radius 3 is 2.45 bits per heavy atom. The van der Waals surface area contributed by atoms with Crippen LogP contribution in [0.15, 0.2) is 47.6 Å². The monoisotopic (exact) mass is 411 g/mol. The third-order valence-corrected chi connectivity index (χ3v) is 5.53. The van der Waals surface area contributed by atoms with E-state index in [1.54, 1.807) is 0 Å². The van der Waals surface area contributed by atoms with Crippen LogP contribution in [-0.4, -0.2) is 32.6 Å². The molecule has 152 valence electrons. The first-order valence-electron chi connectivity index (χ1n) is 9.38. The number of amides is 1. The van der Waals surface area contributed by atoms with Gasteiger partial charge in [-0.3, -0.25) is 4.79 Å². The fraction of sp³-hybridized carbons (Fsp3) is 0.286. The predicted molar refractivity (Wildman–Crippen MR) is 117 cm³/mol. The largest absolute Gasteiger partial charge is 0.494 e. The summed E-state index contributed by atoms with van der Waals surface area (Å²) >= 11 is 1.26. The molecule has 0 aliphatic heterocycles. The Kier molecular flexibility index (Phi) is 6.43. The Morgan fingerprint density at radius 1 is 1.17 bits per heavy atom. The fourth-order valence-electron chi connectivity index (χ4n) is 2.87. The molecular formula is C21H25N5O2S. The maximum Gasteiger partial charge on any atom is 0.237 e. The summed E-state index contributed by atoms with van der Waals surface area (Å²) in [5, 5.41) is 11.4. The number of hydrogen-bond acceptors (Lipinski definition) is 6. The van der Waals surface area contributed by atoms with Gasteiger partial charge in [0.1, 0.15) is 5.75 Å². The number of ether oxygens (including phenoxy) is 1. The quantitative estimate of drug-likeness (QED) is 0.454. The number of aryl methyl sites for hydroxylation is 2. The number of benzene rings is 2. The predicted octanol–water partition coefficient (Wildman–Crippen LogP) is 3.79. The van der Waals surface area contributed by atoms with Crippen molar-refractivity contribution in [1.82, 2.24) is 14.9 Å². The van der Waals surface area contributed by atoms with E-state index in [9.17, 15) is 4.79 Å². The van der Waals surface area contributed by atoms with Gasteiger partial charge in [0.2, 0.25) is 11.1 Å². The number of nitrogen functional groups attached to an aromatic ring is 1.